The van der Waals surface area contributed by atoms with Gasteiger partial charge < -0.3 is 0 Å². The van der Waals surface area contributed by atoms with Gasteiger partial charge in [0.25, 0.3) is 0 Å². The van der Waals surface area contributed by atoms with Crippen molar-refractivity contribution in [2.24, 2.45) is 5.92 Å². The zero-order valence-corrected chi connectivity index (χ0v) is 11.9. The molecule has 2 atom stereocenters. The van der Waals surface area contributed by atoms with E-state index < -0.39 is 0 Å². The molecule has 20 heavy (non-hydrogen) atoms. The summed E-state index contributed by atoms with van der Waals surface area (Å²) in [6, 6.07) is 11.0. The number of aromatic amines is 1. The summed E-state index contributed by atoms with van der Waals surface area (Å²) >= 11 is 0. The summed E-state index contributed by atoms with van der Waals surface area (Å²) in [7, 11) is 0. The Balaban J connectivity index is 1.66. The number of nitrogens with one attached hydrogen (secondary N) is 3. The van der Waals surface area contributed by atoms with Crippen molar-refractivity contribution >= 4 is 0 Å². The number of hydrazine groups is 1. The summed E-state index contributed by atoms with van der Waals surface area (Å²) in [6.45, 7) is 4.45. The Morgan fingerprint density at radius 1 is 1.20 bits per heavy atom. The lowest BCUT2D eigenvalue weighted by atomic mass is 9.99. The smallest absolute Gasteiger partial charge is 0.168 e. The topological polar surface area (TPSA) is 65.6 Å². The SMILES string of the molecule is CC(C)C1CC(c2n[nH]c(Cc3ccccc3)n2)NN1. The predicted octanol–water partition coefficient (Wildman–Crippen LogP) is 1.96. The van der Waals surface area contributed by atoms with Crippen LogP contribution in [0.25, 0.3) is 0 Å². The highest BCUT2D eigenvalue weighted by Gasteiger charge is 2.29. The van der Waals surface area contributed by atoms with Crippen LogP contribution in [0.3, 0.4) is 0 Å². The van der Waals surface area contributed by atoms with Gasteiger partial charge in [-0.25, -0.2) is 10.4 Å². The molecule has 5 heteroatoms. The first-order valence-corrected chi connectivity index (χ1v) is 7.18. The second kappa shape index (κ2) is 5.73. The Morgan fingerprint density at radius 2 is 2.00 bits per heavy atom. The lowest BCUT2D eigenvalue weighted by molar-refractivity contribution is 0.431. The van der Waals surface area contributed by atoms with Gasteiger partial charge in [0.05, 0.1) is 6.04 Å². The number of benzene rings is 1. The minimum atomic E-state index is 0.197. The molecular formula is C15H21N5. The van der Waals surface area contributed by atoms with Crippen LogP contribution in [0.2, 0.25) is 0 Å². The Kier molecular flexibility index (Phi) is 3.80. The summed E-state index contributed by atoms with van der Waals surface area (Å²) in [5.74, 6) is 2.38. The van der Waals surface area contributed by atoms with E-state index in [1.54, 1.807) is 0 Å². The molecule has 0 bridgehead atoms. The monoisotopic (exact) mass is 271 g/mol. The van der Waals surface area contributed by atoms with Crippen LogP contribution in [0.5, 0.6) is 0 Å². The van der Waals surface area contributed by atoms with Crippen LogP contribution in [0, 0.1) is 5.92 Å². The maximum absolute atomic E-state index is 4.61. The fourth-order valence-corrected chi connectivity index (χ4v) is 2.52. The minimum absolute atomic E-state index is 0.197. The maximum atomic E-state index is 4.61. The Bertz CT molecular complexity index is 548. The van der Waals surface area contributed by atoms with Crippen LogP contribution in [-0.2, 0) is 6.42 Å². The Hall–Kier alpha value is -1.72. The van der Waals surface area contributed by atoms with E-state index in [0.717, 1.165) is 24.5 Å². The van der Waals surface area contributed by atoms with Crippen LogP contribution in [-0.4, -0.2) is 21.2 Å². The molecule has 1 aromatic carbocycles. The first-order valence-electron chi connectivity index (χ1n) is 7.18. The van der Waals surface area contributed by atoms with Crippen LogP contribution in [0.1, 0.15) is 43.5 Å². The molecule has 1 fully saturated rings. The van der Waals surface area contributed by atoms with Crippen molar-refractivity contribution in [2.75, 3.05) is 0 Å². The van der Waals surface area contributed by atoms with E-state index in [0.29, 0.717) is 12.0 Å². The molecular weight excluding hydrogens is 250 g/mol. The molecule has 2 heterocycles. The van der Waals surface area contributed by atoms with E-state index in [4.69, 9.17) is 0 Å². The van der Waals surface area contributed by atoms with Gasteiger partial charge in [-0.1, -0.05) is 44.2 Å². The number of rotatable bonds is 4. The zero-order chi connectivity index (χ0) is 13.9. The molecule has 1 saturated heterocycles. The van der Waals surface area contributed by atoms with E-state index in [1.165, 1.54) is 5.56 Å². The fraction of sp³-hybridized carbons (Fsp3) is 0.467. The lowest BCUT2D eigenvalue weighted by Gasteiger charge is -2.12. The van der Waals surface area contributed by atoms with Crippen molar-refractivity contribution in [1.29, 1.82) is 0 Å². The second-order valence-corrected chi connectivity index (χ2v) is 5.73. The number of nitrogens with zero attached hydrogens (tertiary/aromatic N) is 2. The molecule has 5 nitrogen and oxygen atoms in total. The van der Waals surface area contributed by atoms with Gasteiger partial charge in [0, 0.05) is 12.5 Å². The molecule has 1 aliphatic rings. The molecule has 0 aliphatic carbocycles. The highest BCUT2D eigenvalue weighted by Crippen LogP contribution is 2.23. The number of H-pyrrole nitrogens is 1. The fourth-order valence-electron chi connectivity index (χ4n) is 2.52. The minimum Gasteiger partial charge on any atom is -0.263 e. The van der Waals surface area contributed by atoms with Gasteiger partial charge in [-0.15, -0.1) is 0 Å². The molecule has 106 valence electrons. The van der Waals surface area contributed by atoms with Gasteiger partial charge in [0.15, 0.2) is 5.82 Å². The van der Waals surface area contributed by atoms with Gasteiger partial charge in [-0.3, -0.25) is 10.5 Å². The van der Waals surface area contributed by atoms with Crippen molar-refractivity contribution in [2.45, 2.75) is 38.8 Å². The third-order valence-corrected chi connectivity index (χ3v) is 3.81. The van der Waals surface area contributed by atoms with Crippen LogP contribution >= 0.6 is 0 Å². The van der Waals surface area contributed by atoms with Crippen molar-refractivity contribution in [3.63, 3.8) is 0 Å². The van der Waals surface area contributed by atoms with E-state index in [-0.39, 0.29) is 6.04 Å². The normalized spacial score (nSPS) is 22.6. The zero-order valence-electron chi connectivity index (χ0n) is 11.9. The van der Waals surface area contributed by atoms with Crippen LogP contribution in [0.4, 0.5) is 0 Å². The molecule has 3 N–H and O–H groups in total. The average molecular weight is 271 g/mol. The summed E-state index contributed by atoms with van der Waals surface area (Å²) in [5.41, 5.74) is 7.85. The van der Waals surface area contributed by atoms with Gasteiger partial charge in [0.2, 0.25) is 0 Å². The van der Waals surface area contributed by atoms with Crippen molar-refractivity contribution < 1.29 is 0 Å². The summed E-state index contributed by atoms with van der Waals surface area (Å²) in [4.78, 5) is 4.61. The molecule has 2 aromatic rings. The number of hydrogen-bond donors (Lipinski definition) is 3. The predicted molar refractivity (Wildman–Crippen MR) is 77.9 cm³/mol. The van der Waals surface area contributed by atoms with Crippen molar-refractivity contribution in [3.05, 3.63) is 47.5 Å². The molecule has 0 spiro atoms. The van der Waals surface area contributed by atoms with Gasteiger partial charge >= 0.3 is 0 Å². The van der Waals surface area contributed by atoms with E-state index >= 15 is 0 Å². The molecule has 3 rings (SSSR count). The highest BCUT2D eigenvalue weighted by atomic mass is 15.4. The van der Waals surface area contributed by atoms with Gasteiger partial charge in [0.1, 0.15) is 5.82 Å². The summed E-state index contributed by atoms with van der Waals surface area (Å²) in [6.07, 6.45) is 1.82. The van der Waals surface area contributed by atoms with E-state index in [2.05, 4.69) is 52.0 Å². The lowest BCUT2D eigenvalue weighted by Crippen LogP contribution is -2.34. The summed E-state index contributed by atoms with van der Waals surface area (Å²) < 4.78 is 0. The second-order valence-electron chi connectivity index (χ2n) is 5.73. The average Bonchev–Trinajstić information content (AvgIpc) is 3.08. The first kappa shape index (κ1) is 13.3. The quantitative estimate of drug-likeness (QED) is 0.795. The molecule has 0 amide bonds. The molecule has 0 radical (unpaired) electrons. The molecule has 2 unspecified atom stereocenters. The third kappa shape index (κ3) is 2.89. The van der Waals surface area contributed by atoms with Crippen LogP contribution < -0.4 is 10.9 Å². The number of aromatic nitrogens is 3. The van der Waals surface area contributed by atoms with Gasteiger partial charge in [-0.05, 0) is 17.9 Å². The first-order chi connectivity index (χ1) is 9.72. The molecule has 1 aliphatic heterocycles. The summed E-state index contributed by atoms with van der Waals surface area (Å²) in [5, 5.41) is 7.40. The van der Waals surface area contributed by atoms with E-state index in [1.807, 2.05) is 18.2 Å². The van der Waals surface area contributed by atoms with E-state index in [9.17, 15) is 0 Å². The van der Waals surface area contributed by atoms with Crippen molar-refractivity contribution in [1.82, 2.24) is 26.0 Å². The molecule has 1 aromatic heterocycles. The largest absolute Gasteiger partial charge is 0.263 e. The Morgan fingerprint density at radius 3 is 2.70 bits per heavy atom. The maximum Gasteiger partial charge on any atom is 0.168 e. The van der Waals surface area contributed by atoms with Crippen molar-refractivity contribution in [3.8, 4) is 0 Å². The third-order valence-electron chi connectivity index (χ3n) is 3.81. The molecule has 0 saturated carbocycles. The number of hydrogen-bond acceptors (Lipinski definition) is 4. The Labute approximate surface area is 119 Å². The van der Waals surface area contributed by atoms with Gasteiger partial charge in [-0.2, -0.15) is 5.10 Å². The van der Waals surface area contributed by atoms with Crippen LogP contribution in [0.15, 0.2) is 30.3 Å². The standard InChI is InChI=1S/C15H21N5/c1-10(2)12-9-13(18-17-12)15-16-14(19-20-15)8-11-6-4-3-5-7-11/h3-7,10,12-13,17-18H,8-9H2,1-2H3,(H,16,19,20). The highest BCUT2D eigenvalue weighted by molar-refractivity contribution is 5.18.